The van der Waals surface area contributed by atoms with Gasteiger partial charge in [-0.25, -0.2) is 29.3 Å². The molecule has 1 aromatic carbocycles. The van der Waals surface area contributed by atoms with Crippen LogP contribution in [0.15, 0.2) is 30.3 Å². The van der Waals surface area contributed by atoms with E-state index in [1.54, 1.807) is 5.32 Å². The second-order valence-electron chi connectivity index (χ2n) is 10.8. The standard InChI is InChI=1S/C19H29NO31S7/c1-10-14(48-55(31,32)33)12(46-53(25,26)27)7-19(45-10,43-8-11-5-3-2-4-6-11)20-18(21)17(51-58(40,41)42)16(50-57(37,38)39)15(49-56(34,35)36)13(47-54(28,29)30)9-44-52(22,23)24/h2-6,10,12-17H,7-9H2,1H3,(H,20,21)(H,22,23,24)(H,25,26,27)(H,28,29,30)(H,31,32,33)(H,34,35,36)(H,37,38,39)(H,40,41,42)/t10-,12-,13-,14-,15-,16+,17-,19-/m1/s1. The number of rotatable bonds is 23. The van der Waals surface area contributed by atoms with Crippen molar-refractivity contribution in [2.45, 2.75) is 68.6 Å². The Morgan fingerprint density at radius 3 is 1.62 bits per heavy atom. The summed E-state index contributed by atoms with van der Waals surface area (Å²) in [4.78, 5) is 14.0. The van der Waals surface area contributed by atoms with Crippen LogP contribution in [0.5, 0.6) is 0 Å². The maximum atomic E-state index is 14.0. The lowest BCUT2D eigenvalue weighted by Gasteiger charge is -2.46. The molecule has 58 heavy (non-hydrogen) atoms. The van der Waals surface area contributed by atoms with Crippen molar-refractivity contribution in [2.75, 3.05) is 6.61 Å². The summed E-state index contributed by atoms with van der Waals surface area (Å²) in [6.07, 6.45) is -23.2. The zero-order valence-corrected chi connectivity index (χ0v) is 33.6. The molecule has 1 aliphatic rings. The molecule has 1 saturated heterocycles. The minimum Gasteiger partial charge on any atom is -0.328 e. The van der Waals surface area contributed by atoms with E-state index in [2.05, 4.69) is 29.3 Å². The largest absolute Gasteiger partial charge is 0.398 e. The van der Waals surface area contributed by atoms with Crippen LogP contribution >= 0.6 is 0 Å². The lowest BCUT2D eigenvalue weighted by Crippen LogP contribution is -2.67. The number of ether oxygens (including phenoxy) is 2. The van der Waals surface area contributed by atoms with E-state index in [9.17, 15) is 91.0 Å². The molecule has 32 nitrogen and oxygen atoms in total. The van der Waals surface area contributed by atoms with Gasteiger partial charge in [-0.3, -0.25) is 36.7 Å². The van der Waals surface area contributed by atoms with Crippen molar-refractivity contribution < 1.29 is 134 Å². The normalized spacial score (nSPS) is 23.7. The Kier molecular flexibility index (Phi) is 17.1. The van der Waals surface area contributed by atoms with Gasteiger partial charge in [0.25, 0.3) is 11.8 Å². The van der Waals surface area contributed by atoms with Gasteiger partial charge in [0.15, 0.2) is 6.10 Å². The van der Waals surface area contributed by atoms with Crippen LogP contribution in [0, 0.1) is 0 Å². The number of nitrogens with one attached hydrogen (secondary N) is 1. The Morgan fingerprint density at radius 2 is 1.17 bits per heavy atom. The van der Waals surface area contributed by atoms with Crippen LogP contribution in [0.2, 0.25) is 0 Å². The smallest absolute Gasteiger partial charge is 0.328 e. The lowest BCUT2D eigenvalue weighted by molar-refractivity contribution is -0.325. The highest BCUT2D eigenvalue weighted by molar-refractivity contribution is 7.82. The molecule has 8 atom stereocenters. The fourth-order valence-corrected chi connectivity index (χ4v) is 7.92. The monoisotopic (exact) mass is 991 g/mol. The summed E-state index contributed by atoms with van der Waals surface area (Å²) >= 11 is 0. The Morgan fingerprint density at radius 1 is 0.690 bits per heavy atom. The van der Waals surface area contributed by atoms with Gasteiger partial charge in [0.05, 0.1) is 25.7 Å². The summed E-state index contributed by atoms with van der Waals surface area (Å²) in [5, 5.41) is 1.57. The van der Waals surface area contributed by atoms with Gasteiger partial charge in [0, 0.05) is 0 Å². The number of amides is 1. The SMILES string of the molecule is C[C@H]1O[C@](NC(=O)[C@H](OS(=O)(=O)O)[C@@H](OS(=O)(=O)O)[C@H](OS(=O)(=O)O)[C@@H](COS(=O)(=O)O)OS(=O)(=O)O)(OCc2ccccc2)C[C@@H](OS(=O)(=O)O)[C@@H]1OS(=O)(=O)O. The van der Waals surface area contributed by atoms with Crippen molar-refractivity contribution in [3.05, 3.63) is 35.9 Å². The molecule has 1 amide bonds. The lowest BCUT2D eigenvalue weighted by atomic mass is 9.99. The Labute approximate surface area is 328 Å². The van der Waals surface area contributed by atoms with E-state index in [4.69, 9.17) is 14.0 Å². The second kappa shape index (κ2) is 19.2. The van der Waals surface area contributed by atoms with Gasteiger partial charge in [0.2, 0.25) is 0 Å². The molecule has 0 radical (unpaired) electrons. The van der Waals surface area contributed by atoms with Gasteiger partial charge in [0.1, 0.15) is 30.5 Å². The highest BCUT2D eigenvalue weighted by Gasteiger charge is 2.55. The minimum absolute atomic E-state index is 0.111. The van der Waals surface area contributed by atoms with Gasteiger partial charge in [-0.2, -0.15) is 58.9 Å². The fraction of sp³-hybridized carbons (Fsp3) is 0.632. The summed E-state index contributed by atoms with van der Waals surface area (Å²) in [6.45, 7) is -2.27. The Bertz CT molecular complexity index is 2390. The first-order valence-electron chi connectivity index (χ1n) is 14.1. The third kappa shape index (κ3) is 19.8. The van der Waals surface area contributed by atoms with E-state index in [0.717, 1.165) is 6.92 Å². The van der Waals surface area contributed by atoms with E-state index < -0.39 is 147 Å². The van der Waals surface area contributed by atoms with Crippen LogP contribution in [0.4, 0.5) is 0 Å². The topological polar surface area (TPSA) is 493 Å². The number of carbonyl (C=O) groups is 1. The maximum absolute atomic E-state index is 14.0. The van der Waals surface area contributed by atoms with Gasteiger partial charge in [-0.05, 0) is 12.5 Å². The average molecular weight is 992 g/mol. The first-order chi connectivity index (χ1) is 25.9. The molecule has 0 aromatic heterocycles. The van der Waals surface area contributed by atoms with Gasteiger partial charge in [-0.15, -0.1) is 0 Å². The number of hydrogen-bond donors (Lipinski definition) is 8. The molecule has 0 spiro atoms. The molecule has 39 heteroatoms. The van der Waals surface area contributed by atoms with Crippen LogP contribution in [0.1, 0.15) is 18.9 Å². The van der Waals surface area contributed by atoms with Gasteiger partial charge < -0.3 is 14.8 Å². The minimum atomic E-state index is -6.38. The summed E-state index contributed by atoms with van der Waals surface area (Å²) in [5.74, 6) is -5.68. The predicted molar refractivity (Wildman–Crippen MR) is 173 cm³/mol. The third-order valence-electron chi connectivity index (χ3n) is 6.35. The first-order valence-corrected chi connectivity index (χ1v) is 23.6. The summed E-state index contributed by atoms with van der Waals surface area (Å²) in [7, 11) is -42.3. The number of carbonyl (C=O) groups excluding carboxylic acids is 1. The predicted octanol–water partition coefficient (Wildman–Crippen LogP) is -4.27. The van der Waals surface area contributed by atoms with Crippen molar-refractivity contribution in [3.63, 3.8) is 0 Å². The maximum Gasteiger partial charge on any atom is 0.398 e. The van der Waals surface area contributed by atoms with Crippen molar-refractivity contribution in [2.24, 2.45) is 0 Å². The molecule has 1 aromatic rings. The van der Waals surface area contributed by atoms with Crippen LogP contribution in [-0.4, -0.2) is 152 Å². The summed E-state index contributed by atoms with van der Waals surface area (Å²) in [5.41, 5.74) is 0.111. The summed E-state index contributed by atoms with van der Waals surface area (Å²) in [6, 6.07) is 6.84. The van der Waals surface area contributed by atoms with Gasteiger partial charge in [-0.1, -0.05) is 30.3 Å². The van der Waals surface area contributed by atoms with Crippen molar-refractivity contribution >= 4 is 78.7 Å². The molecule has 338 valence electrons. The molecular weight excluding hydrogens is 963 g/mol. The highest BCUT2D eigenvalue weighted by atomic mass is 32.3. The Hall–Kier alpha value is -2.30. The van der Waals surface area contributed by atoms with Crippen LogP contribution in [0.25, 0.3) is 0 Å². The molecule has 0 bridgehead atoms. The molecule has 8 N–H and O–H groups in total. The van der Waals surface area contributed by atoms with Crippen LogP contribution < -0.4 is 5.32 Å². The molecule has 1 aliphatic heterocycles. The molecule has 2 rings (SSSR count). The molecule has 0 unspecified atom stereocenters. The molecule has 0 saturated carbocycles. The van der Waals surface area contributed by atoms with Crippen LogP contribution in [-0.2, 0) is 123 Å². The molecule has 1 fully saturated rings. The van der Waals surface area contributed by atoms with E-state index in [0.29, 0.717) is 0 Å². The molecule has 0 aliphatic carbocycles. The highest BCUT2D eigenvalue weighted by Crippen LogP contribution is 2.35. The van der Waals surface area contributed by atoms with E-state index >= 15 is 0 Å². The third-order valence-corrected chi connectivity index (χ3v) is 9.61. The van der Waals surface area contributed by atoms with E-state index in [1.807, 2.05) is 0 Å². The second-order valence-corrected chi connectivity index (χ2v) is 18.2. The molecule has 1 heterocycles. The quantitative estimate of drug-likeness (QED) is 0.0380. The van der Waals surface area contributed by atoms with Crippen molar-refractivity contribution in [1.82, 2.24) is 5.32 Å². The fourth-order valence-electron chi connectivity index (χ4n) is 4.62. The zero-order chi connectivity index (χ0) is 44.9. The summed E-state index contributed by atoms with van der Waals surface area (Å²) < 4.78 is 269. The van der Waals surface area contributed by atoms with Gasteiger partial charge >= 0.3 is 72.8 Å². The van der Waals surface area contributed by atoms with E-state index in [-0.39, 0.29) is 5.56 Å². The molecular formula is C19H29NO31S7. The number of hydrogen-bond acceptors (Lipinski definition) is 24. The number of benzene rings is 1. The average Bonchev–Trinajstić information content (AvgIpc) is 2.98. The zero-order valence-electron chi connectivity index (χ0n) is 27.8. The Balaban J connectivity index is 2.96. The van der Waals surface area contributed by atoms with E-state index in [1.165, 1.54) is 30.3 Å². The van der Waals surface area contributed by atoms with Crippen LogP contribution in [0.3, 0.4) is 0 Å². The van der Waals surface area contributed by atoms with Crippen molar-refractivity contribution in [3.8, 4) is 0 Å². The van der Waals surface area contributed by atoms with Crippen molar-refractivity contribution in [1.29, 1.82) is 0 Å². The first kappa shape index (κ1) is 51.8.